The SMILES string of the molecule is CC1(C)[C@@H](C=Cc2ccccc2)CC[C@@]1(C)C(=O)[O-]. The number of hydrogen-bond donors (Lipinski definition) is 0. The largest absolute Gasteiger partial charge is 0.550 e. The molecule has 0 amide bonds. The molecule has 19 heavy (non-hydrogen) atoms. The average Bonchev–Trinajstić information content (AvgIpc) is 2.61. The Hall–Kier alpha value is -1.57. The van der Waals surface area contributed by atoms with Crippen LogP contribution in [0.3, 0.4) is 0 Å². The van der Waals surface area contributed by atoms with Crippen molar-refractivity contribution in [3.05, 3.63) is 42.0 Å². The molecule has 0 unspecified atom stereocenters. The Bertz CT molecular complexity index is 487. The van der Waals surface area contributed by atoms with Crippen molar-refractivity contribution in [2.75, 3.05) is 0 Å². The highest BCUT2D eigenvalue weighted by Gasteiger charge is 2.51. The molecule has 0 radical (unpaired) electrons. The molecule has 0 aromatic heterocycles. The Balaban J connectivity index is 2.20. The Labute approximate surface area is 115 Å². The molecular formula is C17H21O2-. The summed E-state index contributed by atoms with van der Waals surface area (Å²) in [6.07, 6.45) is 5.84. The first-order valence-corrected chi connectivity index (χ1v) is 6.82. The summed E-state index contributed by atoms with van der Waals surface area (Å²) in [6.45, 7) is 5.89. The third-order valence-electron chi connectivity index (χ3n) is 5.08. The van der Waals surface area contributed by atoms with Crippen molar-refractivity contribution >= 4 is 12.0 Å². The topological polar surface area (TPSA) is 40.1 Å². The zero-order chi connectivity index (χ0) is 14.1. The molecule has 0 N–H and O–H groups in total. The van der Waals surface area contributed by atoms with E-state index < -0.39 is 11.4 Å². The van der Waals surface area contributed by atoms with E-state index in [1.165, 1.54) is 0 Å². The van der Waals surface area contributed by atoms with Gasteiger partial charge < -0.3 is 9.90 Å². The van der Waals surface area contributed by atoms with Crippen molar-refractivity contribution in [2.45, 2.75) is 33.6 Å². The van der Waals surface area contributed by atoms with Gasteiger partial charge in [0.25, 0.3) is 0 Å². The number of carbonyl (C=O) groups is 1. The minimum absolute atomic E-state index is 0.274. The highest BCUT2D eigenvalue weighted by atomic mass is 16.4. The molecule has 1 aromatic carbocycles. The van der Waals surface area contributed by atoms with Crippen LogP contribution in [0.2, 0.25) is 0 Å². The van der Waals surface area contributed by atoms with E-state index in [1.807, 2.05) is 39.0 Å². The van der Waals surface area contributed by atoms with Crippen molar-refractivity contribution in [3.8, 4) is 0 Å². The standard InChI is InChI=1S/C17H22O2/c1-16(2)14(11-12-17(16,3)15(18)19)10-9-13-7-5-4-6-8-13/h4-10,14H,11-12H2,1-3H3,(H,18,19)/p-1/t14-,17-/m0/s1. The van der Waals surface area contributed by atoms with Crippen LogP contribution in [-0.2, 0) is 4.79 Å². The van der Waals surface area contributed by atoms with E-state index in [2.05, 4.69) is 24.3 Å². The van der Waals surface area contributed by atoms with E-state index in [1.54, 1.807) is 0 Å². The molecule has 1 fully saturated rings. The Morgan fingerprint density at radius 1 is 1.26 bits per heavy atom. The van der Waals surface area contributed by atoms with E-state index >= 15 is 0 Å². The maximum absolute atomic E-state index is 11.4. The van der Waals surface area contributed by atoms with Crippen LogP contribution in [0.15, 0.2) is 36.4 Å². The fourth-order valence-corrected chi connectivity index (χ4v) is 3.03. The second-order valence-electron chi connectivity index (χ2n) is 6.26. The van der Waals surface area contributed by atoms with E-state index in [0.717, 1.165) is 12.0 Å². The van der Waals surface area contributed by atoms with Gasteiger partial charge in [-0.05, 0) is 29.7 Å². The van der Waals surface area contributed by atoms with Gasteiger partial charge in [-0.1, -0.05) is 63.3 Å². The van der Waals surface area contributed by atoms with Crippen LogP contribution >= 0.6 is 0 Å². The minimum atomic E-state index is -0.923. The lowest BCUT2D eigenvalue weighted by molar-refractivity contribution is -0.323. The summed E-state index contributed by atoms with van der Waals surface area (Å²) in [5.41, 5.74) is 0.135. The molecule has 0 aliphatic heterocycles. The molecule has 1 aliphatic carbocycles. The quantitative estimate of drug-likeness (QED) is 0.835. The number of carboxylic acid groups (broad SMARTS) is 1. The third-order valence-corrected chi connectivity index (χ3v) is 5.08. The first-order chi connectivity index (χ1) is 8.88. The molecular weight excluding hydrogens is 236 g/mol. The molecule has 102 valence electrons. The van der Waals surface area contributed by atoms with Crippen molar-refractivity contribution in [3.63, 3.8) is 0 Å². The van der Waals surface area contributed by atoms with Crippen LogP contribution in [0, 0.1) is 16.7 Å². The first-order valence-electron chi connectivity index (χ1n) is 6.82. The lowest BCUT2D eigenvalue weighted by Gasteiger charge is -2.41. The number of aliphatic carboxylic acids is 1. The monoisotopic (exact) mass is 257 g/mol. The second-order valence-corrected chi connectivity index (χ2v) is 6.26. The van der Waals surface area contributed by atoms with Gasteiger partial charge in [-0.25, -0.2) is 0 Å². The second kappa shape index (κ2) is 4.84. The first kappa shape index (κ1) is 13.9. The normalized spacial score (nSPS) is 29.7. The van der Waals surface area contributed by atoms with Gasteiger partial charge in [0, 0.05) is 11.4 Å². The number of hydrogen-bond acceptors (Lipinski definition) is 2. The molecule has 1 aromatic rings. The Morgan fingerprint density at radius 2 is 1.89 bits per heavy atom. The number of rotatable bonds is 3. The van der Waals surface area contributed by atoms with E-state index in [9.17, 15) is 9.90 Å². The molecule has 0 bridgehead atoms. The minimum Gasteiger partial charge on any atom is -0.550 e. The third kappa shape index (κ3) is 2.32. The van der Waals surface area contributed by atoms with Crippen molar-refractivity contribution in [1.82, 2.24) is 0 Å². The van der Waals surface area contributed by atoms with Gasteiger partial charge in [-0.3, -0.25) is 0 Å². The summed E-state index contributed by atoms with van der Waals surface area (Å²) in [4.78, 5) is 11.4. The summed E-state index contributed by atoms with van der Waals surface area (Å²) in [7, 11) is 0. The number of allylic oxidation sites excluding steroid dienone is 1. The predicted molar refractivity (Wildman–Crippen MR) is 75.1 cm³/mol. The molecule has 0 saturated heterocycles. The van der Waals surface area contributed by atoms with Crippen molar-refractivity contribution < 1.29 is 9.90 Å². The summed E-state index contributed by atoms with van der Waals surface area (Å²) in [5, 5.41) is 11.4. The highest BCUT2D eigenvalue weighted by molar-refractivity contribution is 5.74. The van der Waals surface area contributed by atoms with Crippen LogP contribution in [0.25, 0.3) is 6.08 Å². The molecule has 0 spiro atoms. The lowest BCUT2D eigenvalue weighted by Crippen LogP contribution is -2.47. The zero-order valence-electron chi connectivity index (χ0n) is 11.8. The molecule has 2 atom stereocenters. The van der Waals surface area contributed by atoms with Crippen LogP contribution < -0.4 is 5.11 Å². The molecule has 2 heteroatoms. The van der Waals surface area contributed by atoms with Crippen LogP contribution in [0.5, 0.6) is 0 Å². The Kier molecular flexibility index (Phi) is 3.53. The molecule has 2 nitrogen and oxygen atoms in total. The molecule has 2 rings (SSSR count). The predicted octanol–water partition coefficient (Wildman–Crippen LogP) is 2.89. The molecule has 1 saturated carbocycles. The van der Waals surface area contributed by atoms with Gasteiger partial charge in [-0.15, -0.1) is 0 Å². The van der Waals surface area contributed by atoms with E-state index in [-0.39, 0.29) is 11.3 Å². The summed E-state index contributed by atoms with van der Waals surface area (Å²) in [5.74, 6) is -0.649. The van der Waals surface area contributed by atoms with Gasteiger partial charge in [0.2, 0.25) is 0 Å². The Morgan fingerprint density at radius 3 is 2.42 bits per heavy atom. The highest BCUT2D eigenvalue weighted by Crippen LogP contribution is 2.56. The van der Waals surface area contributed by atoms with E-state index in [0.29, 0.717) is 6.42 Å². The van der Waals surface area contributed by atoms with Crippen LogP contribution in [0.1, 0.15) is 39.2 Å². The van der Waals surface area contributed by atoms with Gasteiger partial charge in [0.1, 0.15) is 0 Å². The van der Waals surface area contributed by atoms with Gasteiger partial charge in [-0.2, -0.15) is 0 Å². The number of carboxylic acids is 1. The van der Waals surface area contributed by atoms with Crippen LogP contribution in [0.4, 0.5) is 0 Å². The number of carbonyl (C=O) groups excluding carboxylic acids is 1. The maximum Gasteiger partial charge on any atom is 0.0479 e. The fraction of sp³-hybridized carbons (Fsp3) is 0.471. The van der Waals surface area contributed by atoms with Crippen molar-refractivity contribution in [1.29, 1.82) is 0 Å². The number of benzene rings is 1. The lowest BCUT2D eigenvalue weighted by atomic mass is 9.65. The molecule has 0 heterocycles. The van der Waals surface area contributed by atoms with Crippen LogP contribution in [-0.4, -0.2) is 5.97 Å². The fourth-order valence-electron chi connectivity index (χ4n) is 3.03. The van der Waals surface area contributed by atoms with Gasteiger partial charge in [0.05, 0.1) is 0 Å². The average molecular weight is 257 g/mol. The van der Waals surface area contributed by atoms with E-state index in [4.69, 9.17) is 0 Å². The summed E-state index contributed by atoms with van der Waals surface area (Å²) >= 11 is 0. The smallest absolute Gasteiger partial charge is 0.0479 e. The van der Waals surface area contributed by atoms with Gasteiger partial charge in [0.15, 0.2) is 0 Å². The maximum atomic E-state index is 11.4. The molecule has 1 aliphatic rings. The summed E-state index contributed by atoms with van der Waals surface area (Å²) in [6, 6.07) is 10.1. The zero-order valence-corrected chi connectivity index (χ0v) is 11.8. The summed E-state index contributed by atoms with van der Waals surface area (Å²) < 4.78 is 0. The van der Waals surface area contributed by atoms with Crippen molar-refractivity contribution in [2.24, 2.45) is 16.7 Å². The van der Waals surface area contributed by atoms with Gasteiger partial charge >= 0.3 is 0 Å².